The summed E-state index contributed by atoms with van der Waals surface area (Å²) in [4.78, 5) is 12.1. The molecule has 1 saturated heterocycles. The summed E-state index contributed by atoms with van der Waals surface area (Å²) in [6, 6.07) is 6.40. The van der Waals surface area contributed by atoms with Crippen molar-refractivity contribution in [3.05, 3.63) is 35.6 Å². The van der Waals surface area contributed by atoms with Crippen molar-refractivity contribution < 1.29 is 9.18 Å². The fourth-order valence-electron chi connectivity index (χ4n) is 2.23. The topological polar surface area (TPSA) is 29.1 Å². The van der Waals surface area contributed by atoms with E-state index >= 15 is 0 Å². The third-order valence-electron chi connectivity index (χ3n) is 3.25. The number of hydrogen-bond acceptors (Lipinski definition) is 2. The molecule has 2 unspecified atom stereocenters. The molecule has 2 rings (SSSR count). The first kappa shape index (κ1) is 11.3. The number of carbonyl (C=O) groups excluding carboxylic acids is 1. The van der Waals surface area contributed by atoms with Crippen molar-refractivity contribution in [3.8, 4) is 0 Å². The average Bonchev–Trinajstić information content (AvgIpc) is 2.81. The summed E-state index contributed by atoms with van der Waals surface area (Å²) in [5, 5.41) is 3.28. The first-order valence-corrected chi connectivity index (χ1v) is 5.72. The van der Waals surface area contributed by atoms with Crippen LogP contribution in [0, 0.1) is 11.7 Å². The predicted octanol–water partition coefficient (Wildman–Crippen LogP) is 2.40. The third kappa shape index (κ3) is 2.14. The predicted molar refractivity (Wildman–Crippen MR) is 60.9 cm³/mol. The van der Waals surface area contributed by atoms with E-state index in [2.05, 4.69) is 5.32 Å². The third-order valence-corrected chi connectivity index (χ3v) is 3.25. The molecule has 1 aliphatic heterocycles. The second kappa shape index (κ2) is 4.74. The lowest BCUT2D eigenvalue weighted by Gasteiger charge is -2.18. The molecular weight excluding hydrogens is 205 g/mol. The van der Waals surface area contributed by atoms with Crippen LogP contribution in [-0.4, -0.2) is 18.4 Å². The van der Waals surface area contributed by atoms with E-state index in [1.54, 1.807) is 18.2 Å². The molecule has 0 saturated carbocycles. The van der Waals surface area contributed by atoms with Crippen molar-refractivity contribution in [2.75, 3.05) is 6.54 Å². The Hall–Kier alpha value is -1.22. The van der Waals surface area contributed by atoms with Gasteiger partial charge in [-0.1, -0.05) is 19.1 Å². The quantitative estimate of drug-likeness (QED) is 0.794. The zero-order valence-electron chi connectivity index (χ0n) is 9.37. The molecule has 2 nitrogen and oxygen atoms in total. The lowest BCUT2D eigenvalue weighted by Crippen LogP contribution is -2.34. The van der Waals surface area contributed by atoms with Gasteiger partial charge < -0.3 is 5.32 Å². The molecule has 1 fully saturated rings. The molecule has 0 bridgehead atoms. The Morgan fingerprint density at radius 2 is 2.25 bits per heavy atom. The number of carbonyl (C=O) groups is 1. The number of benzene rings is 1. The Labute approximate surface area is 94.9 Å². The molecule has 1 N–H and O–H groups in total. The molecule has 1 aliphatic rings. The van der Waals surface area contributed by atoms with Crippen LogP contribution in [0.3, 0.4) is 0 Å². The lowest BCUT2D eigenvalue weighted by atomic mass is 9.91. The molecule has 0 radical (unpaired) electrons. The molecule has 0 aromatic heterocycles. The molecule has 0 spiro atoms. The van der Waals surface area contributed by atoms with Gasteiger partial charge in [-0.05, 0) is 31.5 Å². The van der Waals surface area contributed by atoms with E-state index in [-0.39, 0.29) is 23.3 Å². The maximum atomic E-state index is 13.4. The Balaban J connectivity index is 2.15. The van der Waals surface area contributed by atoms with Crippen LogP contribution in [-0.2, 0) is 0 Å². The van der Waals surface area contributed by atoms with Crippen LogP contribution in [0.1, 0.15) is 30.1 Å². The van der Waals surface area contributed by atoms with Crippen molar-refractivity contribution in [1.29, 1.82) is 0 Å². The second-order valence-corrected chi connectivity index (χ2v) is 4.34. The highest BCUT2D eigenvalue weighted by Gasteiger charge is 2.28. The molecule has 1 heterocycles. The maximum absolute atomic E-state index is 13.4. The van der Waals surface area contributed by atoms with Crippen LogP contribution in [0.2, 0.25) is 0 Å². The summed E-state index contributed by atoms with van der Waals surface area (Å²) < 4.78 is 13.4. The number of halogens is 1. The summed E-state index contributed by atoms with van der Waals surface area (Å²) in [5.41, 5.74) is 0.212. The van der Waals surface area contributed by atoms with Crippen LogP contribution in [0.15, 0.2) is 24.3 Å². The van der Waals surface area contributed by atoms with E-state index in [1.807, 2.05) is 6.92 Å². The minimum absolute atomic E-state index is 0.0995. The summed E-state index contributed by atoms with van der Waals surface area (Å²) in [6.07, 6.45) is 2.10. The molecule has 3 heteroatoms. The number of Topliss-reactive ketones (excluding diaryl/α,β-unsaturated/α-hetero) is 1. The van der Waals surface area contributed by atoms with Crippen molar-refractivity contribution in [3.63, 3.8) is 0 Å². The smallest absolute Gasteiger partial charge is 0.170 e. The van der Waals surface area contributed by atoms with Gasteiger partial charge in [0.05, 0.1) is 5.56 Å². The Morgan fingerprint density at radius 3 is 2.88 bits per heavy atom. The van der Waals surface area contributed by atoms with Gasteiger partial charge in [-0.25, -0.2) is 4.39 Å². The van der Waals surface area contributed by atoms with Crippen LogP contribution < -0.4 is 5.32 Å². The van der Waals surface area contributed by atoms with Crippen molar-refractivity contribution in [2.45, 2.75) is 25.8 Å². The van der Waals surface area contributed by atoms with E-state index < -0.39 is 5.82 Å². The number of nitrogens with one attached hydrogen (secondary N) is 1. The zero-order valence-corrected chi connectivity index (χ0v) is 9.37. The number of ketones is 1. The van der Waals surface area contributed by atoms with Gasteiger partial charge in [0.15, 0.2) is 5.78 Å². The molecule has 1 aromatic carbocycles. The first-order valence-electron chi connectivity index (χ1n) is 5.72. The van der Waals surface area contributed by atoms with Crippen LogP contribution in [0.4, 0.5) is 4.39 Å². The van der Waals surface area contributed by atoms with E-state index in [4.69, 9.17) is 0 Å². The maximum Gasteiger partial charge on any atom is 0.170 e. The second-order valence-electron chi connectivity index (χ2n) is 4.34. The van der Waals surface area contributed by atoms with E-state index in [0.717, 1.165) is 19.4 Å². The van der Waals surface area contributed by atoms with Crippen LogP contribution in [0.5, 0.6) is 0 Å². The first-order chi connectivity index (χ1) is 7.70. The van der Waals surface area contributed by atoms with Gasteiger partial charge in [-0.2, -0.15) is 0 Å². The Morgan fingerprint density at radius 1 is 1.50 bits per heavy atom. The average molecular weight is 221 g/mol. The van der Waals surface area contributed by atoms with Gasteiger partial charge in [0.25, 0.3) is 0 Å². The molecule has 0 amide bonds. The molecule has 2 atom stereocenters. The minimum Gasteiger partial charge on any atom is -0.313 e. The molecule has 86 valence electrons. The summed E-state index contributed by atoms with van der Waals surface area (Å²) in [7, 11) is 0. The van der Waals surface area contributed by atoms with Gasteiger partial charge >= 0.3 is 0 Å². The van der Waals surface area contributed by atoms with Gasteiger partial charge in [-0.15, -0.1) is 0 Å². The highest BCUT2D eigenvalue weighted by atomic mass is 19.1. The lowest BCUT2D eigenvalue weighted by molar-refractivity contribution is 0.0903. The van der Waals surface area contributed by atoms with Gasteiger partial charge in [-0.3, -0.25) is 4.79 Å². The van der Waals surface area contributed by atoms with Crippen LogP contribution in [0.25, 0.3) is 0 Å². The number of rotatable bonds is 3. The van der Waals surface area contributed by atoms with Crippen molar-refractivity contribution >= 4 is 5.78 Å². The van der Waals surface area contributed by atoms with Crippen molar-refractivity contribution in [1.82, 2.24) is 5.32 Å². The van der Waals surface area contributed by atoms with Gasteiger partial charge in [0.2, 0.25) is 0 Å². The SMILES string of the molecule is CC(C(=O)c1ccccc1F)C1CCCN1. The highest BCUT2D eigenvalue weighted by molar-refractivity contribution is 5.98. The Kier molecular flexibility index (Phi) is 3.34. The summed E-state index contributed by atoms with van der Waals surface area (Å²) in [5.74, 6) is -0.672. The zero-order chi connectivity index (χ0) is 11.5. The van der Waals surface area contributed by atoms with E-state index in [1.165, 1.54) is 6.07 Å². The van der Waals surface area contributed by atoms with Gasteiger partial charge in [0, 0.05) is 12.0 Å². The summed E-state index contributed by atoms with van der Waals surface area (Å²) >= 11 is 0. The normalized spacial score (nSPS) is 22.0. The molecule has 0 aliphatic carbocycles. The van der Waals surface area contributed by atoms with E-state index in [9.17, 15) is 9.18 Å². The molecule has 16 heavy (non-hydrogen) atoms. The number of hydrogen-bond donors (Lipinski definition) is 1. The minimum atomic E-state index is -0.419. The monoisotopic (exact) mass is 221 g/mol. The Bertz CT molecular complexity index is 385. The van der Waals surface area contributed by atoms with Crippen LogP contribution >= 0.6 is 0 Å². The largest absolute Gasteiger partial charge is 0.313 e. The molecular formula is C13H16FNO. The molecule has 1 aromatic rings. The fourth-order valence-corrected chi connectivity index (χ4v) is 2.23. The fraction of sp³-hybridized carbons (Fsp3) is 0.462. The standard InChI is InChI=1S/C13H16FNO/c1-9(12-7-4-8-15-12)13(16)10-5-2-3-6-11(10)14/h2-3,5-6,9,12,15H,4,7-8H2,1H3. The summed E-state index contributed by atoms with van der Waals surface area (Å²) in [6.45, 7) is 2.83. The van der Waals surface area contributed by atoms with E-state index in [0.29, 0.717) is 0 Å². The van der Waals surface area contributed by atoms with Crippen molar-refractivity contribution in [2.24, 2.45) is 5.92 Å². The highest BCUT2D eigenvalue weighted by Crippen LogP contribution is 2.20. The van der Waals surface area contributed by atoms with Gasteiger partial charge in [0.1, 0.15) is 5.82 Å².